The molecule has 1 N–H and O–H groups in total. The molecule has 2 rings (SSSR count). The van der Waals surface area contributed by atoms with Crippen LogP contribution in [0.2, 0.25) is 0 Å². The van der Waals surface area contributed by atoms with E-state index in [1.165, 1.54) is 6.07 Å². The van der Waals surface area contributed by atoms with Gasteiger partial charge in [-0.1, -0.05) is 11.6 Å². The van der Waals surface area contributed by atoms with E-state index in [2.05, 4.69) is 11.9 Å². The van der Waals surface area contributed by atoms with Crippen LogP contribution in [0.1, 0.15) is 30.5 Å². The summed E-state index contributed by atoms with van der Waals surface area (Å²) in [4.78, 5) is 2.01. The molecule has 0 saturated carbocycles. The average Bonchev–Trinajstić information content (AvgIpc) is 2.45. The van der Waals surface area contributed by atoms with Crippen molar-refractivity contribution in [3.05, 3.63) is 47.3 Å². The molecule has 0 amide bonds. The molecule has 1 aromatic rings. The Morgan fingerprint density at radius 3 is 2.50 bits per heavy atom. The van der Waals surface area contributed by atoms with Crippen LogP contribution in [0, 0.1) is 5.82 Å². The van der Waals surface area contributed by atoms with Crippen molar-refractivity contribution in [2.24, 2.45) is 0 Å². The predicted octanol–water partition coefficient (Wildman–Crippen LogP) is 3.76. The fraction of sp³-hybridized carbons (Fsp3) is 0.500. The van der Waals surface area contributed by atoms with Gasteiger partial charge in [0.2, 0.25) is 0 Å². The molecule has 1 atom stereocenters. The monoisotopic (exact) mass is 316 g/mol. The molecule has 22 heavy (non-hydrogen) atoms. The van der Waals surface area contributed by atoms with Gasteiger partial charge in [-0.15, -0.1) is 6.58 Å². The molecule has 0 unspecified atom stereocenters. The zero-order chi connectivity index (χ0) is 16.3. The van der Waals surface area contributed by atoms with E-state index < -0.39 is 23.6 Å². The van der Waals surface area contributed by atoms with E-state index in [1.807, 2.05) is 4.90 Å². The van der Waals surface area contributed by atoms with E-state index in [0.29, 0.717) is 25.6 Å². The fourth-order valence-electron chi connectivity index (χ4n) is 2.82. The number of hydrogen-bond donors (Lipinski definition) is 1. The molecule has 0 spiro atoms. The number of hydrogen-bond acceptors (Lipinski definition) is 2. The fourth-order valence-corrected chi connectivity index (χ4v) is 2.82. The number of alkyl halides is 3. The SMILES string of the molecule is C=C(C)C[C@@H](c1ccc(F)cc1C(F)(F)F)N1CCNCC1. The van der Waals surface area contributed by atoms with E-state index in [-0.39, 0.29) is 5.56 Å². The quantitative estimate of drug-likeness (QED) is 0.672. The molecule has 0 bridgehead atoms. The van der Waals surface area contributed by atoms with Gasteiger partial charge in [-0.05, 0) is 31.0 Å². The van der Waals surface area contributed by atoms with Crippen LogP contribution < -0.4 is 5.32 Å². The number of halogens is 4. The van der Waals surface area contributed by atoms with Crippen LogP contribution in [0.5, 0.6) is 0 Å². The van der Waals surface area contributed by atoms with Gasteiger partial charge in [0.15, 0.2) is 0 Å². The average molecular weight is 316 g/mol. The van der Waals surface area contributed by atoms with Crippen molar-refractivity contribution in [2.45, 2.75) is 25.6 Å². The molecule has 0 radical (unpaired) electrons. The summed E-state index contributed by atoms with van der Waals surface area (Å²) in [7, 11) is 0. The second-order valence-electron chi connectivity index (χ2n) is 5.69. The van der Waals surface area contributed by atoms with Gasteiger partial charge in [0.1, 0.15) is 5.82 Å². The van der Waals surface area contributed by atoms with E-state index in [9.17, 15) is 17.6 Å². The van der Waals surface area contributed by atoms with Crippen molar-refractivity contribution in [2.75, 3.05) is 26.2 Å². The Bertz CT molecular complexity index is 533. The highest BCUT2D eigenvalue weighted by Crippen LogP contribution is 2.38. The van der Waals surface area contributed by atoms with Crippen LogP contribution in [-0.2, 0) is 6.18 Å². The van der Waals surface area contributed by atoms with Crippen molar-refractivity contribution in [1.82, 2.24) is 10.2 Å². The van der Waals surface area contributed by atoms with Crippen molar-refractivity contribution >= 4 is 0 Å². The maximum atomic E-state index is 13.3. The lowest BCUT2D eigenvalue weighted by atomic mass is 9.93. The van der Waals surface area contributed by atoms with E-state index in [0.717, 1.165) is 24.7 Å². The van der Waals surface area contributed by atoms with Gasteiger partial charge in [0, 0.05) is 32.2 Å². The second kappa shape index (κ2) is 6.79. The maximum Gasteiger partial charge on any atom is 0.416 e. The van der Waals surface area contributed by atoms with Crippen LogP contribution in [0.25, 0.3) is 0 Å². The summed E-state index contributed by atoms with van der Waals surface area (Å²) in [6.07, 6.45) is -4.15. The molecule has 0 aromatic heterocycles. The first-order valence-corrected chi connectivity index (χ1v) is 7.25. The minimum absolute atomic E-state index is 0.124. The summed E-state index contributed by atoms with van der Waals surface area (Å²) < 4.78 is 53.1. The third-order valence-corrected chi connectivity index (χ3v) is 3.81. The van der Waals surface area contributed by atoms with E-state index in [4.69, 9.17) is 0 Å². The Balaban J connectivity index is 2.44. The Hall–Kier alpha value is -1.40. The summed E-state index contributed by atoms with van der Waals surface area (Å²) in [5.74, 6) is -0.870. The minimum Gasteiger partial charge on any atom is -0.314 e. The Kier molecular flexibility index (Phi) is 5.24. The maximum absolute atomic E-state index is 13.3. The van der Waals surface area contributed by atoms with Crippen LogP contribution in [0.15, 0.2) is 30.4 Å². The zero-order valence-corrected chi connectivity index (χ0v) is 12.5. The lowest BCUT2D eigenvalue weighted by molar-refractivity contribution is -0.139. The molecule has 122 valence electrons. The van der Waals surface area contributed by atoms with Crippen molar-refractivity contribution < 1.29 is 17.6 Å². The first-order valence-electron chi connectivity index (χ1n) is 7.25. The van der Waals surface area contributed by atoms with Gasteiger partial charge >= 0.3 is 6.18 Å². The predicted molar refractivity (Wildman–Crippen MR) is 78.0 cm³/mol. The third kappa shape index (κ3) is 4.08. The van der Waals surface area contributed by atoms with Crippen LogP contribution in [0.3, 0.4) is 0 Å². The summed E-state index contributed by atoms with van der Waals surface area (Å²) >= 11 is 0. The highest BCUT2D eigenvalue weighted by Gasteiger charge is 2.37. The van der Waals surface area contributed by atoms with Gasteiger partial charge in [-0.25, -0.2) is 4.39 Å². The minimum atomic E-state index is -4.57. The largest absolute Gasteiger partial charge is 0.416 e. The molecule has 1 aliphatic rings. The Morgan fingerprint density at radius 2 is 1.95 bits per heavy atom. The summed E-state index contributed by atoms with van der Waals surface area (Å²) in [5, 5.41) is 3.18. The molecular formula is C16H20F4N2. The molecule has 1 saturated heterocycles. The smallest absolute Gasteiger partial charge is 0.314 e. The molecule has 0 aliphatic carbocycles. The molecule has 1 aromatic carbocycles. The van der Waals surface area contributed by atoms with Crippen LogP contribution in [0.4, 0.5) is 17.6 Å². The van der Waals surface area contributed by atoms with Crippen molar-refractivity contribution in [3.63, 3.8) is 0 Å². The second-order valence-corrected chi connectivity index (χ2v) is 5.69. The summed E-state index contributed by atoms with van der Waals surface area (Å²) in [5.41, 5.74) is 0.0389. The van der Waals surface area contributed by atoms with Gasteiger partial charge in [0.05, 0.1) is 5.56 Å². The zero-order valence-electron chi connectivity index (χ0n) is 12.5. The molecule has 2 nitrogen and oxygen atoms in total. The third-order valence-electron chi connectivity index (χ3n) is 3.81. The number of nitrogens with zero attached hydrogens (tertiary/aromatic N) is 1. The molecule has 1 heterocycles. The van der Waals surface area contributed by atoms with Gasteiger partial charge in [-0.2, -0.15) is 13.2 Å². The standard InChI is InChI=1S/C16H20F4N2/c1-11(2)9-15(22-7-5-21-6-8-22)13-4-3-12(17)10-14(13)16(18,19)20/h3-4,10,15,21H,1,5-9H2,2H3/t15-/m0/s1. The van der Waals surface area contributed by atoms with Crippen molar-refractivity contribution in [3.8, 4) is 0 Å². The molecular weight excluding hydrogens is 296 g/mol. The van der Waals surface area contributed by atoms with Crippen molar-refractivity contribution in [1.29, 1.82) is 0 Å². The molecule has 1 aliphatic heterocycles. The number of piperazine rings is 1. The van der Waals surface area contributed by atoms with Gasteiger partial charge in [-0.3, -0.25) is 4.90 Å². The molecule has 1 fully saturated rings. The highest BCUT2D eigenvalue weighted by atomic mass is 19.4. The topological polar surface area (TPSA) is 15.3 Å². The summed E-state index contributed by atoms with van der Waals surface area (Å²) in [6, 6.07) is 2.51. The highest BCUT2D eigenvalue weighted by molar-refractivity contribution is 5.34. The normalized spacial score (nSPS) is 18.2. The number of rotatable bonds is 4. The molecule has 6 heteroatoms. The van der Waals surface area contributed by atoms with Gasteiger partial charge in [0.25, 0.3) is 0 Å². The first kappa shape index (κ1) is 17.0. The Labute approximate surface area is 127 Å². The lowest BCUT2D eigenvalue weighted by Crippen LogP contribution is -2.45. The Morgan fingerprint density at radius 1 is 1.32 bits per heavy atom. The van der Waals surface area contributed by atoms with E-state index >= 15 is 0 Å². The summed E-state index contributed by atoms with van der Waals surface area (Å²) in [6.45, 7) is 8.41. The van der Waals surface area contributed by atoms with Crippen LogP contribution >= 0.6 is 0 Å². The van der Waals surface area contributed by atoms with Gasteiger partial charge < -0.3 is 5.32 Å². The number of nitrogens with one attached hydrogen (secondary N) is 1. The van der Waals surface area contributed by atoms with E-state index in [1.54, 1.807) is 6.92 Å². The van der Waals surface area contributed by atoms with Crippen LogP contribution in [-0.4, -0.2) is 31.1 Å². The lowest BCUT2D eigenvalue weighted by Gasteiger charge is -2.36. The number of benzene rings is 1. The first-order chi connectivity index (χ1) is 10.3.